The monoisotopic (exact) mass is 451 g/mol. The molecule has 0 radical (unpaired) electrons. The van der Waals surface area contributed by atoms with Gasteiger partial charge in [0.05, 0.1) is 38.3 Å². The van der Waals surface area contributed by atoms with Crippen molar-refractivity contribution in [1.82, 2.24) is 15.1 Å². The van der Waals surface area contributed by atoms with Gasteiger partial charge in [-0.1, -0.05) is 25.5 Å². The fourth-order valence-electron chi connectivity index (χ4n) is 5.28. The highest BCUT2D eigenvalue weighted by molar-refractivity contribution is 5.96. The average Bonchev–Trinajstić information content (AvgIpc) is 3.07. The summed E-state index contributed by atoms with van der Waals surface area (Å²) in [5, 5.41) is 12.5. The van der Waals surface area contributed by atoms with Gasteiger partial charge in [-0.25, -0.2) is 0 Å². The molecule has 2 aliphatic heterocycles. The molecule has 1 aliphatic carbocycles. The summed E-state index contributed by atoms with van der Waals surface area (Å²) in [4.78, 5) is 43.2. The molecule has 0 aromatic carbocycles. The Kier molecular flexibility index (Phi) is 9.07. The van der Waals surface area contributed by atoms with Gasteiger partial charge in [-0.2, -0.15) is 0 Å². The standard InChI is InChI=1S/C23H37N3O6/c1-3-5-16-6-7-17-19(18(16)23(30)32-4-2)22(29)26(10-13-27)20(17)21(28)24-8-9-25-11-14-31-15-12-25/h6-7,16-20,27H,3-5,8-15H2,1-2H3,(H,24,28)/t16-,17+,18-,19-,20+/m1/s1. The Bertz CT molecular complexity index is 693. The third-order valence-corrected chi connectivity index (χ3v) is 6.73. The second-order valence-corrected chi connectivity index (χ2v) is 8.66. The fourth-order valence-corrected chi connectivity index (χ4v) is 5.28. The third-order valence-electron chi connectivity index (χ3n) is 6.73. The molecule has 2 fully saturated rings. The van der Waals surface area contributed by atoms with Crippen LogP contribution in [0.1, 0.15) is 26.7 Å². The zero-order valence-corrected chi connectivity index (χ0v) is 19.2. The molecule has 9 nitrogen and oxygen atoms in total. The summed E-state index contributed by atoms with van der Waals surface area (Å²) >= 11 is 0. The molecule has 180 valence electrons. The molecule has 5 atom stereocenters. The van der Waals surface area contributed by atoms with Crippen LogP contribution in [0.25, 0.3) is 0 Å². The topological polar surface area (TPSA) is 108 Å². The predicted molar refractivity (Wildman–Crippen MR) is 117 cm³/mol. The van der Waals surface area contributed by atoms with Crippen molar-refractivity contribution in [1.29, 1.82) is 0 Å². The highest BCUT2D eigenvalue weighted by Gasteiger charge is 2.57. The van der Waals surface area contributed by atoms with E-state index in [2.05, 4.69) is 10.2 Å². The summed E-state index contributed by atoms with van der Waals surface area (Å²) in [6.07, 6.45) is 5.56. The lowest BCUT2D eigenvalue weighted by atomic mass is 9.69. The minimum Gasteiger partial charge on any atom is -0.466 e. The van der Waals surface area contributed by atoms with E-state index in [1.807, 2.05) is 19.1 Å². The van der Waals surface area contributed by atoms with Gasteiger partial charge in [0, 0.05) is 38.6 Å². The largest absolute Gasteiger partial charge is 0.466 e. The number of carbonyl (C=O) groups excluding carboxylic acids is 3. The van der Waals surface area contributed by atoms with Crippen LogP contribution in [0, 0.1) is 23.7 Å². The van der Waals surface area contributed by atoms with Gasteiger partial charge in [0.15, 0.2) is 0 Å². The molecule has 0 aromatic rings. The first-order valence-corrected chi connectivity index (χ1v) is 11.9. The lowest BCUT2D eigenvalue weighted by Gasteiger charge is -2.34. The first-order valence-electron chi connectivity index (χ1n) is 11.9. The van der Waals surface area contributed by atoms with Gasteiger partial charge in [0.1, 0.15) is 6.04 Å². The number of amides is 2. The van der Waals surface area contributed by atoms with Crippen LogP contribution >= 0.6 is 0 Å². The number of nitrogens with one attached hydrogen (secondary N) is 1. The molecule has 2 heterocycles. The molecule has 2 saturated heterocycles. The molecule has 3 aliphatic rings. The molecule has 2 amide bonds. The predicted octanol–water partition coefficient (Wildman–Crippen LogP) is 0.0357. The van der Waals surface area contributed by atoms with Crippen LogP contribution in [0.3, 0.4) is 0 Å². The van der Waals surface area contributed by atoms with Crippen LogP contribution in [0.15, 0.2) is 12.2 Å². The lowest BCUT2D eigenvalue weighted by molar-refractivity contribution is -0.155. The zero-order chi connectivity index (χ0) is 23.1. The number of esters is 1. The molecule has 0 unspecified atom stereocenters. The van der Waals surface area contributed by atoms with Gasteiger partial charge in [-0.05, 0) is 19.3 Å². The smallest absolute Gasteiger partial charge is 0.310 e. The Hall–Kier alpha value is -1.97. The van der Waals surface area contributed by atoms with Crippen molar-refractivity contribution in [3.05, 3.63) is 12.2 Å². The molecule has 0 saturated carbocycles. The normalized spacial score (nSPS) is 30.3. The number of ether oxygens (including phenoxy) is 2. The number of rotatable bonds is 10. The maximum absolute atomic E-state index is 13.4. The van der Waals surface area contributed by atoms with E-state index >= 15 is 0 Å². The lowest BCUT2D eigenvalue weighted by Crippen LogP contribution is -2.50. The van der Waals surface area contributed by atoms with Gasteiger partial charge in [0.25, 0.3) is 0 Å². The highest BCUT2D eigenvalue weighted by atomic mass is 16.5. The zero-order valence-electron chi connectivity index (χ0n) is 19.2. The van der Waals surface area contributed by atoms with Gasteiger partial charge in [-0.15, -0.1) is 0 Å². The highest BCUT2D eigenvalue weighted by Crippen LogP contribution is 2.45. The maximum Gasteiger partial charge on any atom is 0.310 e. The molecule has 0 bridgehead atoms. The Morgan fingerprint density at radius 1 is 1.22 bits per heavy atom. The Morgan fingerprint density at radius 3 is 2.62 bits per heavy atom. The molecule has 9 heteroatoms. The maximum atomic E-state index is 13.4. The molecule has 0 aromatic heterocycles. The molecule has 3 rings (SSSR count). The van der Waals surface area contributed by atoms with Crippen LogP contribution < -0.4 is 5.32 Å². The molecular formula is C23H37N3O6. The first kappa shape index (κ1) is 24.7. The van der Waals surface area contributed by atoms with E-state index in [4.69, 9.17) is 9.47 Å². The van der Waals surface area contributed by atoms with Crippen LogP contribution in [0.4, 0.5) is 0 Å². The van der Waals surface area contributed by atoms with E-state index in [0.29, 0.717) is 26.3 Å². The van der Waals surface area contributed by atoms with Crippen molar-refractivity contribution in [3.8, 4) is 0 Å². The van der Waals surface area contributed by atoms with Gasteiger partial charge >= 0.3 is 5.97 Å². The third kappa shape index (κ3) is 5.32. The molecular weight excluding hydrogens is 414 g/mol. The summed E-state index contributed by atoms with van der Waals surface area (Å²) in [6, 6.07) is -0.736. The van der Waals surface area contributed by atoms with Crippen LogP contribution in [-0.2, 0) is 23.9 Å². The number of fused-ring (bicyclic) bond motifs is 1. The second kappa shape index (κ2) is 11.8. The number of morpholine rings is 1. The van der Waals surface area contributed by atoms with Gasteiger partial charge < -0.3 is 24.8 Å². The first-order chi connectivity index (χ1) is 15.5. The fraction of sp³-hybridized carbons (Fsp3) is 0.783. The minimum atomic E-state index is -0.736. The summed E-state index contributed by atoms with van der Waals surface area (Å²) < 4.78 is 10.7. The average molecular weight is 452 g/mol. The number of carbonyl (C=O) groups is 3. The van der Waals surface area contributed by atoms with Gasteiger partial charge in [0.2, 0.25) is 11.8 Å². The van der Waals surface area contributed by atoms with Crippen LogP contribution in [0.2, 0.25) is 0 Å². The Morgan fingerprint density at radius 2 is 1.97 bits per heavy atom. The van der Waals surface area contributed by atoms with E-state index in [0.717, 1.165) is 25.9 Å². The quantitative estimate of drug-likeness (QED) is 0.357. The SMILES string of the molecule is CCC[C@@H]1C=C[C@H]2[C@@H](C(=O)N(CCO)[C@@H]2C(=O)NCCN2CCOCC2)[C@@H]1C(=O)OCC. The number of nitrogens with zero attached hydrogens (tertiary/aromatic N) is 2. The van der Waals surface area contributed by atoms with Gasteiger partial charge in [-0.3, -0.25) is 19.3 Å². The summed E-state index contributed by atoms with van der Waals surface area (Å²) in [5.41, 5.74) is 0. The number of aliphatic hydroxyl groups is 1. The van der Waals surface area contributed by atoms with E-state index in [9.17, 15) is 19.5 Å². The van der Waals surface area contributed by atoms with E-state index < -0.39 is 23.8 Å². The summed E-state index contributed by atoms with van der Waals surface area (Å²) in [7, 11) is 0. The number of aliphatic hydroxyl groups excluding tert-OH is 1. The van der Waals surface area contributed by atoms with Crippen molar-refractivity contribution in [2.24, 2.45) is 23.7 Å². The molecule has 0 spiro atoms. The van der Waals surface area contributed by atoms with E-state index in [-0.39, 0.29) is 43.5 Å². The number of hydrogen-bond donors (Lipinski definition) is 2. The van der Waals surface area contributed by atoms with Crippen LogP contribution in [-0.4, -0.2) is 97.9 Å². The molecule has 2 N–H and O–H groups in total. The second-order valence-electron chi connectivity index (χ2n) is 8.66. The minimum absolute atomic E-state index is 0.0647. The Labute approximate surface area is 190 Å². The van der Waals surface area contributed by atoms with Crippen molar-refractivity contribution in [3.63, 3.8) is 0 Å². The van der Waals surface area contributed by atoms with Crippen LogP contribution in [0.5, 0.6) is 0 Å². The summed E-state index contributed by atoms with van der Waals surface area (Å²) in [5.74, 6) is -2.63. The van der Waals surface area contributed by atoms with Crippen molar-refractivity contribution in [2.45, 2.75) is 32.7 Å². The summed E-state index contributed by atoms with van der Waals surface area (Å²) in [6.45, 7) is 8.10. The van der Waals surface area contributed by atoms with E-state index in [1.54, 1.807) is 6.92 Å². The number of β-amino-alcohol motifs (C(OH)–C–C–N with tert-alkyl or cyclic N) is 1. The molecule has 32 heavy (non-hydrogen) atoms. The number of allylic oxidation sites excluding steroid dienone is 1. The number of likely N-dealkylation sites (tertiary alicyclic amines) is 1. The Balaban J connectivity index is 1.77. The van der Waals surface area contributed by atoms with Crippen molar-refractivity contribution in [2.75, 3.05) is 59.2 Å². The van der Waals surface area contributed by atoms with Crippen molar-refractivity contribution < 1.29 is 29.0 Å². The van der Waals surface area contributed by atoms with E-state index in [1.165, 1.54) is 4.90 Å². The number of hydrogen-bond acceptors (Lipinski definition) is 7. The van der Waals surface area contributed by atoms with Crippen molar-refractivity contribution >= 4 is 17.8 Å².